The van der Waals surface area contributed by atoms with E-state index in [4.69, 9.17) is 4.74 Å². The number of benzene rings is 3. The largest absolute Gasteiger partial charge is 0.495 e. The summed E-state index contributed by atoms with van der Waals surface area (Å²) in [6.07, 6.45) is 1.42. The summed E-state index contributed by atoms with van der Waals surface area (Å²) in [5.74, 6) is 0.00728. The number of carbonyl (C=O) groups is 2. The van der Waals surface area contributed by atoms with E-state index < -0.39 is 22.5 Å². The lowest BCUT2D eigenvalue weighted by atomic mass is 10.1. The third-order valence-electron chi connectivity index (χ3n) is 6.38. The number of hydrogen-bond acceptors (Lipinski definition) is 5. The van der Waals surface area contributed by atoms with Crippen molar-refractivity contribution in [2.45, 2.75) is 37.8 Å². The monoisotopic (exact) mass is 521 g/mol. The SMILES string of the molecule is COc1ccccc1N(CC(=O)NCc1ccccc1CN1CCCC1=O)S(=O)(=O)c1ccc(C)cc1. The molecule has 0 aliphatic carbocycles. The molecule has 1 aliphatic rings. The smallest absolute Gasteiger partial charge is 0.264 e. The van der Waals surface area contributed by atoms with Gasteiger partial charge in [0.2, 0.25) is 11.8 Å². The molecular weight excluding hydrogens is 490 g/mol. The van der Waals surface area contributed by atoms with E-state index in [0.717, 1.165) is 34.0 Å². The van der Waals surface area contributed by atoms with Crippen LogP contribution in [0.2, 0.25) is 0 Å². The van der Waals surface area contributed by atoms with E-state index in [-0.39, 0.29) is 23.0 Å². The number of amides is 2. The van der Waals surface area contributed by atoms with Crippen molar-refractivity contribution in [3.8, 4) is 5.75 Å². The van der Waals surface area contributed by atoms with Crippen LogP contribution in [0.1, 0.15) is 29.5 Å². The lowest BCUT2D eigenvalue weighted by molar-refractivity contribution is -0.128. The number of carbonyl (C=O) groups excluding carboxylic acids is 2. The van der Waals surface area contributed by atoms with Gasteiger partial charge in [-0.2, -0.15) is 0 Å². The van der Waals surface area contributed by atoms with Crippen LogP contribution in [0, 0.1) is 6.92 Å². The van der Waals surface area contributed by atoms with Crippen molar-refractivity contribution in [1.29, 1.82) is 0 Å². The molecule has 194 valence electrons. The number of methoxy groups -OCH3 is 1. The molecule has 37 heavy (non-hydrogen) atoms. The topological polar surface area (TPSA) is 96.0 Å². The van der Waals surface area contributed by atoms with Gasteiger partial charge >= 0.3 is 0 Å². The summed E-state index contributed by atoms with van der Waals surface area (Å²) in [6, 6.07) is 20.8. The highest BCUT2D eigenvalue weighted by Crippen LogP contribution is 2.32. The van der Waals surface area contributed by atoms with Crippen molar-refractivity contribution in [3.05, 3.63) is 89.5 Å². The number of rotatable bonds is 10. The summed E-state index contributed by atoms with van der Waals surface area (Å²) in [7, 11) is -2.61. The highest BCUT2D eigenvalue weighted by molar-refractivity contribution is 7.92. The molecule has 1 aliphatic heterocycles. The van der Waals surface area contributed by atoms with Gasteiger partial charge in [0.05, 0.1) is 17.7 Å². The van der Waals surface area contributed by atoms with Crippen molar-refractivity contribution in [1.82, 2.24) is 10.2 Å². The lowest BCUT2D eigenvalue weighted by Crippen LogP contribution is -2.41. The van der Waals surface area contributed by atoms with Crippen LogP contribution in [-0.2, 0) is 32.7 Å². The van der Waals surface area contributed by atoms with Gasteiger partial charge in [0, 0.05) is 26.1 Å². The first-order valence-electron chi connectivity index (χ1n) is 12.1. The fourth-order valence-electron chi connectivity index (χ4n) is 4.31. The van der Waals surface area contributed by atoms with Crippen LogP contribution >= 0.6 is 0 Å². The van der Waals surface area contributed by atoms with Gasteiger partial charge in [-0.3, -0.25) is 13.9 Å². The molecule has 9 heteroatoms. The Morgan fingerprint density at radius 2 is 1.68 bits per heavy atom. The van der Waals surface area contributed by atoms with Crippen LogP contribution in [0.5, 0.6) is 5.75 Å². The Morgan fingerprint density at radius 3 is 2.35 bits per heavy atom. The molecule has 0 unspecified atom stereocenters. The second kappa shape index (κ2) is 11.5. The van der Waals surface area contributed by atoms with Crippen LogP contribution in [0.25, 0.3) is 0 Å². The van der Waals surface area contributed by atoms with Crippen LogP contribution < -0.4 is 14.4 Å². The predicted molar refractivity (Wildman–Crippen MR) is 142 cm³/mol. The number of sulfonamides is 1. The molecule has 4 rings (SSSR count). The number of anilines is 1. The van der Waals surface area contributed by atoms with Gasteiger partial charge in [-0.25, -0.2) is 8.42 Å². The fraction of sp³-hybridized carbons (Fsp3) is 0.286. The molecule has 1 heterocycles. The zero-order valence-corrected chi connectivity index (χ0v) is 21.8. The highest BCUT2D eigenvalue weighted by Gasteiger charge is 2.29. The summed E-state index contributed by atoms with van der Waals surface area (Å²) in [4.78, 5) is 27.1. The number of aryl methyl sites for hydroxylation is 1. The Labute approximate surface area is 217 Å². The fourth-order valence-corrected chi connectivity index (χ4v) is 5.75. The zero-order valence-electron chi connectivity index (χ0n) is 21.0. The molecule has 0 atom stereocenters. The van der Waals surface area contributed by atoms with Crippen molar-refractivity contribution < 1.29 is 22.7 Å². The maximum absolute atomic E-state index is 13.7. The van der Waals surface area contributed by atoms with Crippen molar-refractivity contribution in [2.24, 2.45) is 0 Å². The summed E-state index contributed by atoms with van der Waals surface area (Å²) in [5, 5.41) is 2.86. The number of nitrogens with one attached hydrogen (secondary N) is 1. The van der Waals surface area contributed by atoms with E-state index in [0.29, 0.717) is 18.7 Å². The van der Waals surface area contributed by atoms with Gasteiger partial charge in [0.1, 0.15) is 12.3 Å². The van der Waals surface area contributed by atoms with Gasteiger partial charge in [-0.05, 0) is 48.7 Å². The first-order chi connectivity index (χ1) is 17.8. The van der Waals surface area contributed by atoms with Gasteiger partial charge in [-0.1, -0.05) is 54.1 Å². The minimum absolute atomic E-state index is 0.0810. The van der Waals surface area contributed by atoms with Crippen LogP contribution in [0.4, 0.5) is 5.69 Å². The summed E-state index contributed by atoms with van der Waals surface area (Å²) >= 11 is 0. The molecule has 1 N–H and O–H groups in total. The molecule has 3 aromatic carbocycles. The quantitative estimate of drug-likeness (QED) is 0.440. The average Bonchev–Trinajstić information content (AvgIpc) is 3.31. The van der Waals surface area contributed by atoms with Crippen LogP contribution in [0.3, 0.4) is 0 Å². The normalized spacial score (nSPS) is 13.5. The first kappa shape index (κ1) is 26.2. The Morgan fingerprint density at radius 1 is 1.00 bits per heavy atom. The summed E-state index contributed by atoms with van der Waals surface area (Å²) < 4.78 is 33.8. The molecule has 2 amide bonds. The number of likely N-dealkylation sites (tertiary alicyclic amines) is 1. The molecule has 0 saturated carbocycles. The van der Waals surface area contributed by atoms with E-state index >= 15 is 0 Å². The van der Waals surface area contributed by atoms with Crippen molar-refractivity contribution >= 4 is 27.5 Å². The van der Waals surface area contributed by atoms with E-state index in [1.54, 1.807) is 36.4 Å². The van der Waals surface area contributed by atoms with Crippen molar-refractivity contribution in [3.63, 3.8) is 0 Å². The van der Waals surface area contributed by atoms with Gasteiger partial charge in [0.15, 0.2) is 0 Å². The minimum atomic E-state index is -4.06. The number of ether oxygens (including phenoxy) is 1. The molecular formula is C28H31N3O5S. The lowest BCUT2D eigenvalue weighted by Gasteiger charge is -2.26. The number of para-hydroxylation sites is 2. The van der Waals surface area contributed by atoms with E-state index in [1.807, 2.05) is 36.1 Å². The Balaban J connectivity index is 1.55. The maximum Gasteiger partial charge on any atom is 0.264 e. The average molecular weight is 522 g/mol. The zero-order chi connectivity index (χ0) is 26.4. The molecule has 8 nitrogen and oxygen atoms in total. The summed E-state index contributed by atoms with van der Waals surface area (Å²) in [5.41, 5.74) is 3.02. The number of hydrogen-bond donors (Lipinski definition) is 1. The van der Waals surface area contributed by atoms with E-state index in [1.165, 1.54) is 19.2 Å². The third-order valence-corrected chi connectivity index (χ3v) is 8.15. The maximum atomic E-state index is 13.7. The second-order valence-corrected chi connectivity index (χ2v) is 10.8. The third kappa shape index (κ3) is 6.11. The molecule has 0 aromatic heterocycles. The second-order valence-electron chi connectivity index (χ2n) is 8.96. The van der Waals surface area contributed by atoms with Gasteiger partial charge < -0.3 is 15.0 Å². The van der Waals surface area contributed by atoms with Crippen LogP contribution in [-0.4, -0.2) is 45.3 Å². The van der Waals surface area contributed by atoms with Gasteiger partial charge in [0.25, 0.3) is 10.0 Å². The molecule has 1 saturated heterocycles. The molecule has 0 radical (unpaired) electrons. The van der Waals surface area contributed by atoms with Crippen LogP contribution in [0.15, 0.2) is 77.7 Å². The van der Waals surface area contributed by atoms with Gasteiger partial charge in [-0.15, -0.1) is 0 Å². The summed E-state index contributed by atoms with van der Waals surface area (Å²) in [6.45, 7) is 2.87. The minimum Gasteiger partial charge on any atom is -0.495 e. The first-order valence-corrected chi connectivity index (χ1v) is 13.6. The van der Waals surface area contributed by atoms with Crippen molar-refractivity contribution in [2.75, 3.05) is 24.5 Å². The Hall–Kier alpha value is -3.85. The Kier molecular flexibility index (Phi) is 8.13. The molecule has 1 fully saturated rings. The highest BCUT2D eigenvalue weighted by atomic mass is 32.2. The Bertz CT molecular complexity index is 1370. The molecule has 3 aromatic rings. The predicted octanol–water partition coefficient (Wildman–Crippen LogP) is 3.64. The standard InChI is InChI=1S/C28H31N3O5S/c1-21-13-15-24(16-14-21)37(34,35)31(25-10-5-6-11-26(25)36-2)20-27(32)29-18-22-8-3-4-9-23(22)19-30-17-7-12-28(30)33/h3-6,8-11,13-16H,7,12,17-20H2,1-2H3,(H,29,32). The molecule has 0 bridgehead atoms. The molecule has 0 spiro atoms. The number of nitrogens with zero attached hydrogens (tertiary/aromatic N) is 2. The van der Waals surface area contributed by atoms with E-state index in [9.17, 15) is 18.0 Å². The van der Waals surface area contributed by atoms with E-state index in [2.05, 4.69) is 5.32 Å².